The lowest BCUT2D eigenvalue weighted by molar-refractivity contribution is -0.168. The van der Waals surface area contributed by atoms with E-state index < -0.39 is 5.60 Å². The average Bonchev–Trinajstić information content (AvgIpc) is 2.65. The summed E-state index contributed by atoms with van der Waals surface area (Å²) in [5.41, 5.74) is 0.861. The van der Waals surface area contributed by atoms with Crippen molar-refractivity contribution in [3.05, 3.63) is 23.8 Å². The van der Waals surface area contributed by atoms with Gasteiger partial charge in [-0.05, 0) is 68.1 Å². The molecule has 0 aromatic carbocycles. The standard InChI is InChI=1S/C21H32O2/c1-13-11-16-15-9-8-14-7-5-6-10-19(14,2)18(15)17(22)12-20(16,3)21(13,4)23/h5-7,13,15-18,22-23H,8-12H2,1-4H3/t13?,15?,16?,17?,18?,19?,20?,21-/m1/s1. The largest absolute Gasteiger partial charge is 0.393 e. The van der Waals surface area contributed by atoms with Crippen LogP contribution in [0.2, 0.25) is 0 Å². The maximum Gasteiger partial charge on any atom is 0.0702 e. The average molecular weight is 316 g/mol. The smallest absolute Gasteiger partial charge is 0.0702 e. The number of allylic oxidation sites excluding steroid dienone is 4. The summed E-state index contributed by atoms with van der Waals surface area (Å²) < 4.78 is 0. The van der Waals surface area contributed by atoms with E-state index >= 15 is 0 Å². The van der Waals surface area contributed by atoms with Crippen LogP contribution in [0.3, 0.4) is 0 Å². The first kappa shape index (κ1) is 15.9. The van der Waals surface area contributed by atoms with Gasteiger partial charge in [0.15, 0.2) is 0 Å². The van der Waals surface area contributed by atoms with Crippen molar-refractivity contribution in [2.24, 2.45) is 34.5 Å². The van der Waals surface area contributed by atoms with Crippen molar-refractivity contribution in [2.75, 3.05) is 0 Å². The Morgan fingerprint density at radius 1 is 1.22 bits per heavy atom. The van der Waals surface area contributed by atoms with Gasteiger partial charge in [0.2, 0.25) is 0 Å². The molecule has 4 aliphatic carbocycles. The van der Waals surface area contributed by atoms with E-state index in [2.05, 4.69) is 39.0 Å². The molecule has 2 nitrogen and oxygen atoms in total. The van der Waals surface area contributed by atoms with Gasteiger partial charge < -0.3 is 10.2 Å². The summed E-state index contributed by atoms with van der Waals surface area (Å²) in [6, 6.07) is 0. The molecule has 3 saturated carbocycles. The maximum absolute atomic E-state index is 11.2. The van der Waals surface area contributed by atoms with Crippen molar-refractivity contribution in [3.63, 3.8) is 0 Å². The van der Waals surface area contributed by atoms with Crippen LogP contribution < -0.4 is 0 Å². The van der Waals surface area contributed by atoms with Gasteiger partial charge >= 0.3 is 0 Å². The van der Waals surface area contributed by atoms with E-state index in [0.717, 1.165) is 25.7 Å². The Morgan fingerprint density at radius 2 is 1.96 bits per heavy atom. The molecule has 2 heteroatoms. The van der Waals surface area contributed by atoms with E-state index in [1.807, 2.05) is 6.92 Å². The number of aliphatic hydroxyl groups excluding tert-OH is 1. The second-order valence-corrected chi connectivity index (χ2v) is 9.55. The van der Waals surface area contributed by atoms with Crippen LogP contribution in [0.1, 0.15) is 59.8 Å². The number of fused-ring (bicyclic) bond motifs is 5. The van der Waals surface area contributed by atoms with Crippen molar-refractivity contribution in [3.8, 4) is 0 Å². The quantitative estimate of drug-likeness (QED) is 0.707. The molecule has 8 atom stereocenters. The van der Waals surface area contributed by atoms with Crippen molar-refractivity contribution in [1.82, 2.24) is 0 Å². The minimum Gasteiger partial charge on any atom is -0.393 e. The fourth-order valence-corrected chi connectivity index (χ4v) is 7.05. The molecule has 4 aliphatic rings. The van der Waals surface area contributed by atoms with Crippen LogP contribution in [-0.2, 0) is 0 Å². The molecular formula is C21H32O2. The highest BCUT2D eigenvalue weighted by Crippen LogP contribution is 2.68. The van der Waals surface area contributed by atoms with E-state index in [1.54, 1.807) is 5.57 Å². The lowest BCUT2D eigenvalue weighted by atomic mass is 9.46. The first-order valence-electron chi connectivity index (χ1n) is 9.48. The normalized spacial score (nSPS) is 58.2. The van der Waals surface area contributed by atoms with Crippen LogP contribution >= 0.6 is 0 Å². The molecule has 128 valence electrons. The Morgan fingerprint density at radius 3 is 2.70 bits per heavy atom. The van der Waals surface area contributed by atoms with Crippen molar-refractivity contribution in [2.45, 2.75) is 71.5 Å². The highest BCUT2D eigenvalue weighted by atomic mass is 16.3. The predicted octanol–water partition coefficient (Wildman–Crippen LogP) is 4.08. The van der Waals surface area contributed by atoms with Gasteiger partial charge in [-0.2, -0.15) is 0 Å². The highest BCUT2D eigenvalue weighted by molar-refractivity contribution is 5.31. The molecule has 0 saturated heterocycles. The summed E-state index contributed by atoms with van der Waals surface area (Å²) in [5.74, 6) is 1.77. The molecule has 4 rings (SSSR count). The van der Waals surface area contributed by atoms with Crippen molar-refractivity contribution >= 4 is 0 Å². The van der Waals surface area contributed by atoms with Gasteiger partial charge in [0.25, 0.3) is 0 Å². The summed E-state index contributed by atoms with van der Waals surface area (Å²) >= 11 is 0. The molecule has 0 heterocycles. The summed E-state index contributed by atoms with van der Waals surface area (Å²) in [6.45, 7) is 8.84. The molecule has 2 N–H and O–H groups in total. The van der Waals surface area contributed by atoms with E-state index in [0.29, 0.717) is 23.7 Å². The lowest BCUT2D eigenvalue weighted by Gasteiger charge is -2.60. The van der Waals surface area contributed by atoms with Crippen LogP contribution in [0.25, 0.3) is 0 Å². The Balaban J connectivity index is 1.76. The summed E-state index contributed by atoms with van der Waals surface area (Å²) in [6.07, 6.45) is 11.8. The van der Waals surface area contributed by atoms with E-state index in [-0.39, 0.29) is 16.9 Å². The van der Waals surface area contributed by atoms with Gasteiger partial charge in [0.05, 0.1) is 11.7 Å². The van der Waals surface area contributed by atoms with Crippen LogP contribution in [0, 0.1) is 34.5 Å². The first-order valence-corrected chi connectivity index (χ1v) is 9.48. The zero-order chi connectivity index (χ0) is 16.6. The minimum atomic E-state index is -0.660. The SMILES string of the molecule is CC1CC2C3CCC4=CC=CCC4(C)C3C(O)CC2(C)[C@]1(C)O. The number of hydrogen-bond donors (Lipinski definition) is 2. The monoisotopic (exact) mass is 316 g/mol. The summed E-state index contributed by atoms with van der Waals surface area (Å²) in [7, 11) is 0. The molecule has 0 amide bonds. The Labute approximate surface area is 140 Å². The molecule has 0 bridgehead atoms. The zero-order valence-electron chi connectivity index (χ0n) is 15.0. The second-order valence-electron chi connectivity index (χ2n) is 9.55. The molecule has 0 aliphatic heterocycles. The fourth-order valence-electron chi connectivity index (χ4n) is 7.05. The zero-order valence-corrected chi connectivity index (χ0v) is 15.0. The van der Waals surface area contributed by atoms with E-state index in [9.17, 15) is 10.2 Å². The molecule has 7 unspecified atom stereocenters. The van der Waals surface area contributed by atoms with Crippen LogP contribution in [0.4, 0.5) is 0 Å². The van der Waals surface area contributed by atoms with Gasteiger partial charge in [-0.25, -0.2) is 0 Å². The maximum atomic E-state index is 11.2. The van der Waals surface area contributed by atoms with Gasteiger partial charge in [-0.1, -0.05) is 44.6 Å². The molecule has 3 fully saturated rings. The Bertz CT molecular complexity index is 574. The minimum absolute atomic E-state index is 0.121. The van der Waals surface area contributed by atoms with E-state index in [4.69, 9.17) is 0 Å². The lowest BCUT2D eigenvalue weighted by Crippen LogP contribution is -2.59. The molecule has 23 heavy (non-hydrogen) atoms. The predicted molar refractivity (Wildman–Crippen MR) is 92.8 cm³/mol. The number of rotatable bonds is 0. The molecule has 0 spiro atoms. The molecular weight excluding hydrogens is 284 g/mol. The van der Waals surface area contributed by atoms with Crippen LogP contribution in [0.15, 0.2) is 23.8 Å². The molecule has 0 aromatic heterocycles. The van der Waals surface area contributed by atoms with Crippen molar-refractivity contribution < 1.29 is 10.2 Å². The molecule has 0 radical (unpaired) electrons. The Hall–Kier alpha value is -0.600. The Kier molecular flexibility index (Phi) is 3.27. The van der Waals surface area contributed by atoms with Gasteiger partial charge in [0, 0.05) is 5.41 Å². The van der Waals surface area contributed by atoms with Crippen LogP contribution in [-0.4, -0.2) is 21.9 Å². The van der Waals surface area contributed by atoms with Gasteiger partial charge in [-0.3, -0.25) is 0 Å². The van der Waals surface area contributed by atoms with Crippen LogP contribution in [0.5, 0.6) is 0 Å². The number of hydrogen-bond acceptors (Lipinski definition) is 2. The third kappa shape index (κ3) is 1.83. The summed E-state index contributed by atoms with van der Waals surface area (Å²) in [4.78, 5) is 0. The molecule has 0 aromatic rings. The fraction of sp³-hybridized carbons (Fsp3) is 0.810. The topological polar surface area (TPSA) is 40.5 Å². The van der Waals surface area contributed by atoms with Gasteiger partial charge in [0.1, 0.15) is 0 Å². The highest BCUT2D eigenvalue weighted by Gasteiger charge is 2.66. The summed E-state index contributed by atoms with van der Waals surface area (Å²) in [5, 5.41) is 22.4. The van der Waals surface area contributed by atoms with Crippen molar-refractivity contribution in [1.29, 1.82) is 0 Å². The van der Waals surface area contributed by atoms with E-state index in [1.165, 1.54) is 6.42 Å². The third-order valence-corrected chi connectivity index (χ3v) is 8.76. The third-order valence-electron chi connectivity index (χ3n) is 8.76. The first-order chi connectivity index (χ1) is 10.7. The number of aliphatic hydroxyl groups is 2. The second kappa shape index (κ2) is 4.73. The van der Waals surface area contributed by atoms with Gasteiger partial charge in [-0.15, -0.1) is 0 Å².